The van der Waals surface area contributed by atoms with Crippen LogP contribution >= 0.6 is 23.2 Å². The molecule has 1 N–H and O–H groups in total. The Labute approximate surface area is 107 Å². The van der Waals surface area contributed by atoms with Crippen molar-refractivity contribution in [2.45, 2.75) is 26.8 Å². The lowest BCUT2D eigenvalue weighted by atomic mass is 10.0. The van der Waals surface area contributed by atoms with E-state index in [-0.39, 0.29) is 6.04 Å². The summed E-state index contributed by atoms with van der Waals surface area (Å²) >= 11 is 12.4. The van der Waals surface area contributed by atoms with Gasteiger partial charge in [0, 0.05) is 15.6 Å². The third-order valence-corrected chi connectivity index (χ3v) is 2.89. The molecule has 0 saturated heterocycles. The molecule has 0 radical (unpaired) electrons. The fraction of sp³-hybridized carbons (Fsp3) is 0.385. The van der Waals surface area contributed by atoms with E-state index >= 15 is 0 Å². The van der Waals surface area contributed by atoms with Crippen LogP contribution in [0.25, 0.3) is 0 Å². The standard InChI is InChI=1S/C13H17Cl2N/c1-4-16-12(8-9(2)3)13-10(14)6-5-7-11(13)15/h5-8,12,16H,4H2,1-3H3. The van der Waals surface area contributed by atoms with Crippen molar-refractivity contribution in [3.63, 3.8) is 0 Å². The molecule has 0 heterocycles. The molecule has 0 fully saturated rings. The lowest BCUT2D eigenvalue weighted by Gasteiger charge is -2.18. The van der Waals surface area contributed by atoms with Gasteiger partial charge in [-0.25, -0.2) is 0 Å². The van der Waals surface area contributed by atoms with Gasteiger partial charge in [0.1, 0.15) is 0 Å². The van der Waals surface area contributed by atoms with E-state index in [2.05, 4.69) is 32.2 Å². The molecule has 0 aliphatic heterocycles. The lowest BCUT2D eigenvalue weighted by molar-refractivity contribution is 0.645. The molecule has 0 aliphatic carbocycles. The molecule has 1 atom stereocenters. The maximum Gasteiger partial charge on any atom is 0.0538 e. The quantitative estimate of drug-likeness (QED) is 0.777. The second kappa shape index (κ2) is 6.29. The molecule has 0 aromatic heterocycles. The Bertz CT molecular complexity index is 361. The molecule has 1 aromatic carbocycles. The zero-order chi connectivity index (χ0) is 12.1. The summed E-state index contributed by atoms with van der Waals surface area (Å²) in [6.07, 6.45) is 2.14. The number of rotatable bonds is 4. The van der Waals surface area contributed by atoms with Gasteiger partial charge < -0.3 is 5.32 Å². The molecule has 0 aliphatic rings. The van der Waals surface area contributed by atoms with Gasteiger partial charge in [0.05, 0.1) is 6.04 Å². The predicted octanol–water partition coefficient (Wildman–Crippen LogP) is 4.61. The van der Waals surface area contributed by atoms with Crippen molar-refractivity contribution in [3.8, 4) is 0 Å². The molecule has 0 bridgehead atoms. The second-order valence-electron chi connectivity index (χ2n) is 3.91. The van der Waals surface area contributed by atoms with E-state index < -0.39 is 0 Å². The van der Waals surface area contributed by atoms with Crippen molar-refractivity contribution in [3.05, 3.63) is 45.5 Å². The summed E-state index contributed by atoms with van der Waals surface area (Å²) in [6, 6.07) is 5.67. The highest BCUT2D eigenvalue weighted by Gasteiger charge is 2.14. The minimum absolute atomic E-state index is 0.0798. The van der Waals surface area contributed by atoms with Crippen LogP contribution in [0.5, 0.6) is 0 Å². The van der Waals surface area contributed by atoms with Crippen LogP contribution in [0.15, 0.2) is 29.8 Å². The van der Waals surface area contributed by atoms with Crippen molar-refractivity contribution >= 4 is 23.2 Å². The SMILES string of the molecule is CCNC(C=C(C)C)c1c(Cl)cccc1Cl. The Morgan fingerprint density at radius 3 is 2.31 bits per heavy atom. The van der Waals surface area contributed by atoms with E-state index in [9.17, 15) is 0 Å². The van der Waals surface area contributed by atoms with Crippen LogP contribution in [0.2, 0.25) is 10.0 Å². The van der Waals surface area contributed by atoms with Crippen molar-refractivity contribution in [2.75, 3.05) is 6.54 Å². The fourth-order valence-corrected chi connectivity index (χ4v) is 2.24. The van der Waals surface area contributed by atoms with Crippen LogP contribution < -0.4 is 5.32 Å². The number of hydrogen-bond acceptors (Lipinski definition) is 1. The zero-order valence-electron chi connectivity index (χ0n) is 9.85. The van der Waals surface area contributed by atoms with E-state index in [1.165, 1.54) is 5.57 Å². The first-order valence-corrected chi connectivity index (χ1v) is 6.14. The predicted molar refractivity (Wildman–Crippen MR) is 72.3 cm³/mol. The highest BCUT2D eigenvalue weighted by molar-refractivity contribution is 6.36. The largest absolute Gasteiger partial charge is 0.307 e. The minimum atomic E-state index is 0.0798. The number of benzene rings is 1. The summed E-state index contributed by atoms with van der Waals surface area (Å²) in [4.78, 5) is 0. The van der Waals surface area contributed by atoms with E-state index in [4.69, 9.17) is 23.2 Å². The number of likely N-dealkylation sites (N-methyl/N-ethyl adjacent to an activating group) is 1. The highest BCUT2D eigenvalue weighted by atomic mass is 35.5. The average Bonchev–Trinajstić information content (AvgIpc) is 2.16. The van der Waals surface area contributed by atoms with Gasteiger partial charge in [-0.05, 0) is 32.5 Å². The van der Waals surface area contributed by atoms with E-state index in [1.54, 1.807) is 0 Å². The zero-order valence-corrected chi connectivity index (χ0v) is 11.4. The second-order valence-corrected chi connectivity index (χ2v) is 4.73. The number of halogens is 2. The monoisotopic (exact) mass is 257 g/mol. The van der Waals surface area contributed by atoms with Crippen LogP contribution in [0.4, 0.5) is 0 Å². The molecule has 0 spiro atoms. The molecule has 88 valence electrons. The molecule has 1 aromatic rings. The van der Waals surface area contributed by atoms with Gasteiger partial charge in [0.2, 0.25) is 0 Å². The topological polar surface area (TPSA) is 12.0 Å². The van der Waals surface area contributed by atoms with Gasteiger partial charge in [0.25, 0.3) is 0 Å². The summed E-state index contributed by atoms with van der Waals surface area (Å²) in [5.74, 6) is 0. The number of nitrogens with one attached hydrogen (secondary N) is 1. The molecular weight excluding hydrogens is 241 g/mol. The first kappa shape index (κ1) is 13.6. The molecule has 3 heteroatoms. The van der Waals surface area contributed by atoms with Crippen LogP contribution in [-0.2, 0) is 0 Å². The molecule has 1 nitrogen and oxygen atoms in total. The van der Waals surface area contributed by atoms with Crippen LogP contribution in [-0.4, -0.2) is 6.54 Å². The normalized spacial score (nSPS) is 12.3. The Morgan fingerprint density at radius 2 is 1.88 bits per heavy atom. The van der Waals surface area contributed by atoms with Gasteiger partial charge in [0.15, 0.2) is 0 Å². The fourth-order valence-electron chi connectivity index (χ4n) is 1.61. The molecule has 1 unspecified atom stereocenters. The van der Waals surface area contributed by atoms with Gasteiger partial charge in [-0.1, -0.05) is 47.8 Å². The summed E-state index contributed by atoms with van der Waals surface area (Å²) in [5.41, 5.74) is 2.19. The molecule has 0 saturated carbocycles. The third kappa shape index (κ3) is 3.51. The summed E-state index contributed by atoms with van der Waals surface area (Å²) in [6.45, 7) is 7.07. The molecule has 16 heavy (non-hydrogen) atoms. The van der Waals surface area contributed by atoms with Crippen LogP contribution in [0, 0.1) is 0 Å². The molecular formula is C13H17Cl2N. The van der Waals surface area contributed by atoms with E-state index in [1.807, 2.05) is 18.2 Å². The first-order valence-electron chi connectivity index (χ1n) is 5.38. The van der Waals surface area contributed by atoms with Gasteiger partial charge >= 0.3 is 0 Å². The van der Waals surface area contributed by atoms with Gasteiger partial charge in [-0.2, -0.15) is 0 Å². The Kier molecular flexibility index (Phi) is 5.33. The van der Waals surface area contributed by atoms with Crippen molar-refractivity contribution in [1.82, 2.24) is 5.32 Å². The summed E-state index contributed by atoms with van der Waals surface area (Å²) < 4.78 is 0. The van der Waals surface area contributed by atoms with E-state index in [0.717, 1.165) is 12.1 Å². The van der Waals surface area contributed by atoms with Gasteiger partial charge in [-0.3, -0.25) is 0 Å². The third-order valence-electron chi connectivity index (χ3n) is 2.23. The van der Waals surface area contributed by atoms with Crippen LogP contribution in [0.3, 0.4) is 0 Å². The Balaban J connectivity index is 3.15. The summed E-state index contributed by atoms with van der Waals surface area (Å²) in [7, 11) is 0. The van der Waals surface area contributed by atoms with Crippen molar-refractivity contribution < 1.29 is 0 Å². The molecule has 1 rings (SSSR count). The Morgan fingerprint density at radius 1 is 1.31 bits per heavy atom. The average molecular weight is 258 g/mol. The van der Waals surface area contributed by atoms with Crippen molar-refractivity contribution in [2.24, 2.45) is 0 Å². The first-order chi connectivity index (χ1) is 7.56. The maximum absolute atomic E-state index is 6.19. The van der Waals surface area contributed by atoms with Crippen LogP contribution in [0.1, 0.15) is 32.4 Å². The van der Waals surface area contributed by atoms with Crippen molar-refractivity contribution in [1.29, 1.82) is 0 Å². The minimum Gasteiger partial charge on any atom is -0.307 e. The molecule has 0 amide bonds. The highest BCUT2D eigenvalue weighted by Crippen LogP contribution is 2.31. The summed E-state index contributed by atoms with van der Waals surface area (Å²) in [5, 5.41) is 4.78. The Hall–Kier alpha value is -0.500. The van der Waals surface area contributed by atoms with Gasteiger partial charge in [-0.15, -0.1) is 0 Å². The lowest BCUT2D eigenvalue weighted by Crippen LogP contribution is -2.20. The number of hydrogen-bond donors (Lipinski definition) is 1. The maximum atomic E-state index is 6.19. The smallest absolute Gasteiger partial charge is 0.0538 e. The number of allylic oxidation sites excluding steroid dienone is 1. The van der Waals surface area contributed by atoms with E-state index in [0.29, 0.717) is 10.0 Å².